The summed E-state index contributed by atoms with van der Waals surface area (Å²) < 4.78 is 13.3. The predicted octanol–water partition coefficient (Wildman–Crippen LogP) is 2.31. The summed E-state index contributed by atoms with van der Waals surface area (Å²) in [5, 5.41) is 0. The highest BCUT2D eigenvalue weighted by Crippen LogP contribution is 2.18. The third-order valence-electron chi connectivity index (χ3n) is 2.54. The van der Waals surface area contributed by atoms with Crippen molar-refractivity contribution in [3.8, 4) is 0 Å². The number of hydrogen-bond donors (Lipinski definition) is 0. The van der Waals surface area contributed by atoms with Crippen molar-refractivity contribution >= 4 is 17.5 Å². The molecule has 3 nitrogen and oxygen atoms in total. The van der Waals surface area contributed by atoms with Gasteiger partial charge in [-0.15, -0.1) is 11.6 Å². The zero-order valence-electron chi connectivity index (χ0n) is 9.50. The van der Waals surface area contributed by atoms with Gasteiger partial charge in [0.15, 0.2) is 5.82 Å². The average Bonchev–Trinajstić information content (AvgIpc) is 2.27. The van der Waals surface area contributed by atoms with Gasteiger partial charge in [-0.05, 0) is 19.9 Å². The Balaban J connectivity index is 3.00. The van der Waals surface area contributed by atoms with E-state index in [4.69, 9.17) is 11.6 Å². The van der Waals surface area contributed by atoms with Crippen LogP contribution in [0.1, 0.15) is 24.2 Å². The second-order valence-electron chi connectivity index (χ2n) is 4.17. The summed E-state index contributed by atoms with van der Waals surface area (Å²) in [5.41, 5.74) is -0.510. The van der Waals surface area contributed by atoms with Crippen LogP contribution in [-0.4, -0.2) is 34.3 Å². The van der Waals surface area contributed by atoms with Gasteiger partial charge in [0.2, 0.25) is 0 Å². The molecule has 16 heavy (non-hydrogen) atoms. The minimum absolute atomic E-state index is 0.00990. The largest absolute Gasteiger partial charge is 0.335 e. The lowest BCUT2D eigenvalue weighted by atomic mass is 10.1. The van der Waals surface area contributed by atoms with Crippen molar-refractivity contribution in [2.24, 2.45) is 0 Å². The third kappa shape index (κ3) is 2.50. The van der Waals surface area contributed by atoms with Crippen LogP contribution in [0.3, 0.4) is 0 Å². The van der Waals surface area contributed by atoms with Crippen LogP contribution >= 0.6 is 11.6 Å². The van der Waals surface area contributed by atoms with Crippen LogP contribution in [0.2, 0.25) is 0 Å². The number of alkyl halides is 1. The number of carbonyl (C=O) groups is 1. The summed E-state index contributed by atoms with van der Waals surface area (Å²) in [6.45, 7) is 3.63. The number of carbonyl (C=O) groups excluding carboxylic acids is 1. The number of amides is 1. The average molecular weight is 245 g/mol. The molecular weight excluding hydrogens is 231 g/mol. The molecule has 0 saturated heterocycles. The molecule has 0 bridgehead atoms. The number of aromatic nitrogens is 1. The van der Waals surface area contributed by atoms with Crippen LogP contribution in [0, 0.1) is 5.82 Å². The lowest BCUT2D eigenvalue weighted by Gasteiger charge is -2.33. The fraction of sp³-hybridized carbons (Fsp3) is 0.455. The van der Waals surface area contributed by atoms with Crippen molar-refractivity contribution in [2.75, 3.05) is 12.9 Å². The van der Waals surface area contributed by atoms with E-state index in [9.17, 15) is 9.18 Å². The fourth-order valence-corrected chi connectivity index (χ4v) is 1.27. The maximum atomic E-state index is 13.3. The molecule has 1 amide bonds. The Labute approximate surface area is 99.2 Å². The molecule has 0 spiro atoms. The first-order chi connectivity index (χ1) is 7.40. The van der Waals surface area contributed by atoms with Gasteiger partial charge >= 0.3 is 0 Å². The van der Waals surface area contributed by atoms with Gasteiger partial charge in [0.25, 0.3) is 5.91 Å². The Kier molecular flexibility index (Phi) is 3.86. The van der Waals surface area contributed by atoms with Gasteiger partial charge in [0.05, 0.1) is 17.3 Å². The molecule has 0 unspecified atom stereocenters. The quantitative estimate of drug-likeness (QED) is 0.765. The second kappa shape index (κ2) is 4.78. The third-order valence-corrected chi connectivity index (χ3v) is 3.20. The Morgan fingerprint density at radius 1 is 1.62 bits per heavy atom. The summed E-state index contributed by atoms with van der Waals surface area (Å²) >= 11 is 5.76. The molecule has 0 N–H and O–H groups in total. The van der Waals surface area contributed by atoms with E-state index in [1.165, 1.54) is 17.2 Å². The van der Waals surface area contributed by atoms with E-state index < -0.39 is 17.3 Å². The summed E-state index contributed by atoms with van der Waals surface area (Å²) in [4.78, 5) is 17.0. The summed E-state index contributed by atoms with van der Waals surface area (Å²) in [6, 6.07) is 1.36. The van der Waals surface area contributed by atoms with E-state index in [-0.39, 0.29) is 11.4 Å². The van der Waals surface area contributed by atoms with Gasteiger partial charge in [0.1, 0.15) is 0 Å². The van der Waals surface area contributed by atoms with Gasteiger partial charge in [-0.25, -0.2) is 4.39 Å². The van der Waals surface area contributed by atoms with Crippen molar-refractivity contribution in [2.45, 2.75) is 19.4 Å². The van der Waals surface area contributed by atoms with Crippen molar-refractivity contribution < 1.29 is 9.18 Å². The first kappa shape index (κ1) is 12.9. The van der Waals surface area contributed by atoms with E-state index in [0.717, 1.165) is 6.20 Å². The molecule has 0 aliphatic rings. The molecule has 1 heterocycles. The van der Waals surface area contributed by atoms with Crippen molar-refractivity contribution in [1.82, 2.24) is 9.88 Å². The Hall–Kier alpha value is -1.16. The molecular formula is C11H14ClFN2O. The minimum Gasteiger partial charge on any atom is -0.335 e. The lowest BCUT2D eigenvalue weighted by Crippen LogP contribution is -2.46. The monoisotopic (exact) mass is 244 g/mol. The number of hydrogen-bond acceptors (Lipinski definition) is 2. The van der Waals surface area contributed by atoms with Crippen LogP contribution in [0.25, 0.3) is 0 Å². The van der Waals surface area contributed by atoms with E-state index in [1.54, 1.807) is 7.05 Å². The van der Waals surface area contributed by atoms with Gasteiger partial charge < -0.3 is 4.90 Å². The summed E-state index contributed by atoms with van der Waals surface area (Å²) in [5.74, 6) is -0.739. The summed E-state index contributed by atoms with van der Waals surface area (Å²) in [7, 11) is 1.60. The van der Waals surface area contributed by atoms with Crippen molar-refractivity contribution in [1.29, 1.82) is 0 Å². The molecule has 88 valence electrons. The van der Waals surface area contributed by atoms with Crippen LogP contribution in [0.5, 0.6) is 0 Å². The first-order valence-electron chi connectivity index (χ1n) is 4.84. The first-order valence-corrected chi connectivity index (χ1v) is 5.37. The van der Waals surface area contributed by atoms with E-state index >= 15 is 0 Å². The van der Waals surface area contributed by atoms with Crippen LogP contribution < -0.4 is 0 Å². The Morgan fingerprint density at radius 2 is 2.25 bits per heavy atom. The Morgan fingerprint density at radius 3 is 2.75 bits per heavy atom. The SMILES string of the molecule is CN(C(=O)c1ccncc1F)C(C)(C)CCl. The van der Waals surface area contributed by atoms with Gasteiger partial charge in [-0.2, -0.15) is 0 Å². The molecule has 0 fully saturated rings. The highest BCUT2D eigenvalue weighted by Gasteiger charge is 2.28. The smallest absolute Gasteiger partial charge is 0.257 e. The van der Waals surface area contributed by atoms with E-state index in [2.05, 4.69) is 4.98 Å². The molecule has 0 radical (unpaired) electrons. The number of nitrogens with zero attached hydrogens (tertiary/aromatic N) is 2. The molecule has 0 atom stereocenters. The molecule has 1 rings (SSSR count). The maximum absolute atomic E-state index is 13.3. The van der Waals surface area contributed by atoms with E-state index in [1.807, 2.05) is 13.8 Å². The molecule has 0 aromatic carbocycles. The minimum atomic E-state index is -0.621. The molecule has 5 heteroatoms. The molecule has 1 aromatic heterocycles. The van der Waals surface area contributed by atoms with Crippen LogP contribution in [0.15, 0.2) is 18.5 Å². The topological polar surface area (TPSA) is 33.2 Å². The standard InChI is InChI=1S/C11H14ClFN2O/c1-11(2,7-12)15(3)10(16)8-4-5-14-6-9(8)13/h4-6H,7H2,1-3H3. The normalized spacial score (nSPS) is 11.3. The number of pyridine rings is 1. The van der Waals surface area contributed by atoms with Crippen molar-refractivity contribution in [3.63, 3.8) is 0 Å². The molecule has 0 aliphatic heterocycles. The van der Waals surface area contributed by atoms with E-state index in [0.29, 0.717) is 0 Å². The van der Waals surface area contributed by atoms with Crippen LogP contribution in [-0.2, 0) is 0 Å². The maximum Gasteiger partial charge on any atom is 0.257 e. The number of halogens is 2. The van der Waals surface area contributed by atoms with Gasteiger partial charge in [0, 0.05) is 19.1 Å². The second-order valence-corrected chi connectivity index (χ2v) is 4.43. The zero-order valence-corrected chi connectivity index (χ0v) is 10.3. The molecule has 0 saturated carbocycles. The zero-order chi connectivity index (χ0) is 12.3. The Bertz CT molecular complexity index is 395. The predicted molar refractivity (Wildman–Crippen MR) is 61.1 cm³/mol. The van der Waals surface area contributed by atoms with Gasteiger partial charge in [-0.3, -0.25) is 9.78 Å². The summed E-state index contributed by atoms with van der Waals surface area (Å²) in [6.07, 6.45) is 2.41. The molecule has 1 aromatic rings. The van der Waals surface area contributed by atoms with Crippen molar-refractivity contribution in [3.05, 3.63) is 29.8 Å². The fourth-order valence-electron chi connectivity index (χ4n) is 1.09. The lowest BCUT2D eigenvalue weighted by molar-refractivity contribution is 0.0655. The van der Waals surface area contributed by atoms with Crippen LogP contribution in [0.4, 0.5) is 4.39 Å². The highest BCUT2D eigenvalue weighted by molar-refractivity contribution is 6.18. The number of rotatable bonds is 3. The highest BCUT2D eigenvalue weighted by atomic mass is 35.5. The molecule has 0 aliphatic carbocycles. The van der Waals surface area contributed by atoms with Gasteiger partial charge in [-0.1, -0.05) is 0 Å².